The highest BCUT2D eigenvalue weighted by molar-refractivity contribution is 9.14. The molecule has 0 unspecified atom stereocenters. The molecule has 0 aliphatic carbocycles. The Kier molecular flexibility index (Phi) is 3.36. The van der Waals surface area contributed by atoms with Crippen LogP contribution in [0.15, 0.2) is 25.6 Å². The fraction of sp³-hybridized carbons (Fsp3) is 0. The highest BCUT2D eigenvalue weighted by atomic mass is 79.9. The topological polar surface area (TPSA) is 35.2 Å². The van der Waals surface area contributed by atoms with Crippen molar-refractivity contribution in [2.45, 2.75) is 0 Å². The molecule has 0 saturated heterocycles. The summed E-state index contributed by atoms with van der Waals surface area (Å²) in [5.41, 5.74) is 0. The highest BCUT2D eigenvalue weighted by Gasteiger charge is 2.04. The SMILES string of the molecule is NOc1cc(Br)c(Br)c(Br)c1. The Morgan fingerprint density at radius 2 is 1.55 bits per heavy atom. The van der Waals surface area contributed by atoms with Gasteiger partial charge in [0.15, 0.2) is 0 Å². The van der Waals surface area contributed by atoms with Crippen molar-refractivity contribution in [3.05, 3.63) is 25.6 Å². The van der Waals surface area contributed by atoms with Crippen molar-refractivity contribution < 1.29 is 4.84 Å². The fourth-order valence-electron chi connectivity index (χ4n) is 0.600. The van der Waals surface area contributed by atoms with E-state index in [9.17, 15) is 0 Å². The molecular formula is C6H4Br3NO. The van der Waals surface area contributed by atoms with Crippen molar-refractivity contribution in [2.24, 2.45) is 5.90 Å². The maximum atomic E-state index is 4.98. The number of hydrogen-bond donors (Lipinski definition) is 1. The predicted molar refractivity (Wildman–Crippen MR) is 54.4 cm³/mol. The van der Waals surface area contributed by atoms with E-state index in [4.69, 9.17) is 5.90 Å². The molecule has 0 aliphatic rings. The lowest BCUT2D eigenvalue weighted by Crippen LogP contribution is -2.01. The van der Waals surface area contributed by atoms with Gasteiger partial charge in [-0.15, -0.1) is 0 Å². The first-order valence-corrected chi connectivity index (χ1v) is 5.04. The van der Waals surface area contributed by atoms with E-state index in [2.05, 4.69) is 52.6 Å². The van der Waals surface area contributed by atoms with Crippen LogP contribution in [0.2, 0.25) is 0 Å². The molecule has 0 saturated carbocycles. The third-order valence-electron chi connectivity index (χ3n) is 1.09. The zero-order valence-corrected chi connectivity index (χ0v) is 10.0. The summed E-state index contributed by atoms with van der Waals surface area (Å²) in [6, 6.07) is 3.55. The van der Waals surface area contributed by atoms with E-state index in [1.165, 1.54) is 0 Å². The second-order valence-corrected chi connectivity index (χ2v) is 4.32. The average Bonchev–Trinajstić information content (AvgIpc) is 1.99. The number of benzene rings is 1. The third-order valence-corrected chi connectivity index (χ3v) is 4.26. The summed E-state index contributed by atoms with van der Waals surface area (Å²) in [6.07, 6.45) is 0. The molecule has 0 aliphatic heterocycles. The van der Waals surface area contributed by atoms with Gasteiger partial charge in [-0.1, -0.05) is 0 Å². The van der Waals surface area contributed by atoms with E-state index in [1.807, 2.05) is 0 Å². The first-order valence-electron chi connectivity index (χ1n) is 2.66. The molecule has 0 atom stereocenters. The molecule has 0 aromatic heterocycles. The molecule has 1 aromatic rings. The molecule has 5 heteroatoms. The van der Waals surface area contributed by atoms with Gasteiger partial charge in [0.2, 0.25) is 0 Å². The molecule has 1 rings (SSSR count). The van der Waals surface area contributed by atoms with Crippen LogP contribution in [0.5, 0.6) is 5.75 Å². The Labute approximate surface area is 89.4 Å². The summed E-state index contributed by atoms with van der Waals surface area (Å²) >= 11 is 10.0. The summed E-state index contributed by atoms with van der Waals surface area (Å²) < 4.78 is 2.73. The lowest BCUT2D eigenvalue weighted by Gasteiger charge is -2.02. The molecule has 0 amide bonds. The number of nitrogens with two attached hydrogens (primary N) is 1. The summed E-state index contributed by atoms with van der Waals surface area (Å²) in [7, 11) is 0. The van der Waals surface area contributed by atoms with E-state index in [0.29, 0.717) is 5.75 Å². The third kappa shape index (κ3) is 2.18. The van der Waals surface area contributed by atoms with Crippen LogP contribution in [0.3, 0.4) is 0 Å². The average molecular weight is 346 g/mol. The van der Waals surface area contributed by atoms with Crippen LogP contribution in [0.25, 0.3) is 0 Å². The van der Waals surface area contributed by atoms with Crippen molar-refractivity contribution in [2.75, 3.05) is 0 Å². The molecular weight excluding hydrogens is 342 g/mol. The number of halogens is 3. The van der Waals surface area contributed by atoms with Crippen LogP contribution in [0.4, 0.5) is 0 Å². The Hall–Kier alpha value is 0.420. The molecule has 2 nitrogen and oxygen atoms in total. The number of rotatable bonds is 1. The lowest BCUT2D eigenvalue weighted by molar-refractivity contribution is 0.334. The van der Waals surface area contributed by atoms with E-state index in [1.54, 1.807) is 12.1 Å². The molecule has 0 heterocycles. The van der Waals surface area contributed by atoms with E-state index >= 15 is 0 Å². The molecule has 0 spiro atoms. The molecule has 2 N–H and O–H groups in total. The van der Waals surface area contributed by atoms with Crippen molar-refractivity contribution in [3.63, 3.8) is 0 Å². The van der Waals surface area contributed by atoms with Gasteiger partial charge in [-0.05, 0) is 59.9 Å². The molecule has 0 bridgehead atoms. The van der Waals surface area contributed by atoms with E-state index in [0.717, 1.165) is 13.4 Å². The van der Waals surface area contributed by atoms with Crippen molar-refractivity contribution in [3.8, 4) is 5.75 Å². The van der Waals surface area contributed by atoms with Crippen molar-refractivity contribution >= 4 is 47.8 Å². The highest BCUT2D eigenvalue weighted by Crippen LogP contribution is 2.34. The van der Waals surface area contributed by atoms with Gasteiger partial charge >= 0.3 is 0 Å². The maximum absolute atomic E-state index is 4.98. The summed E-state index contributed by atoms with van der Waals surface area (Å²) in [4.78, 5) is 4.55. The minimum atomic E-state index is 0.604. The maximum Gasteiger partial charge on any atom is 0.149 e. The van der Waals surface area contributed by atoms with Gasteiger partial charge in [0.25, 0.3) is 0 Å². The summed E-state index contributed by atoms with van der Waals surface area (Å²) in [6.45, 7) is 0. The Balaban J connectivity index is 3.21. The minimum absolute atomic E-state index is 0.604. The van der Waals surface area contributed by atoms with Gasteiger partial charge in [0, 0.05) is 13.4 Å². The summed E-state index contributed by atoms with van der Waals surface area (Å²) in [5.74, 6) is 5.58. The Bertz CT molecular complexity index is 254. The molecule has 0 radical (unpaired) electrons. The van der Waals surface area contributed by atoms with Gasteiger partial charge in [0.1, 0.15) is 5.75 Å². The Morgan fingerprint density at radius 3 is 1.91 bits per heavy atom. The van der Waals surface area contributed by atoms with Crippen molar-refractivity contribution in [1.82, 2.24) is 0 Å². The van der Waals surface area contributed by atoms with Gasteiger partial charge < -0.3 is 4.84 Å². The van der Waals surface area contributed by atoms with Gasteiger partial charge in [-0.2, -0.15) is 5.90 Å². The molecule has 60 valence electrons. The van der Waals surface area contributed by atoms with Crippen LogP contribution in [-0.4, -0.2) is 0 Å². The zero-order valence-electron chi connectivity index (χ0n) is 5.27. The normalized spacial score (nSPS) is 9.82. The van der Waals surface area contributed by atoms with Crippen molar-refractivity contribution in [1.29, 1.82) is 0 Å². The zero-order chi connectivity index (χ0) is 8.43. The summed E-state index contributed by atoms with van der Waals surface area (Å²) in [5, 5.41) is 0. The largest absolute Gasteiger partial charge is 0.411 e. The van der Waals surface area contributed by atoms with Crippen LogP contribution >= 0.6 is 47.8 Å². The van der Waals surface area contributed by atoms with E-state index < -0.39 is 0 Å². The monoisotopic (exact) mass is 343 g/mol. The number of hydrogen-bond acceptors (Lipinski definition) is 2. The van der Waals surface area contributed by atoms with Gasteiger partial charge in [-0.3, -0.25) is 0 Å². The molecule has 0 fully saturated rings. The van der Waals surface area contributed by atoms with Gasteiger partial charge in [-0.25, -0.2) is 0 Å². The Morgan fingerprint density at radius 1 is 1.09 bits per heavy atom. The smallest absolute Gasteiger partial charge is 0.149 e. The molecule has 11 heavy (non-hydrogen) atoms. The van der Waals surface area contributed by atoms with Crippen LogP contribution < -0.4 is 10.7 Å². The van der Waals surface area contributed by atoms with Crippen LogP contribution in [0, 0.1) is 0 Å². The van der Waals surface area contributed by atoms with Crippen LogP contribution in [-0.2, 0) is 0 Å². The first kappa shape index (κ1) is 9.51. The minimum Gasteiger partial charge on any atom is -0.411 e. The van der Waals surface area contributed by atoms with Gasteiger partial charge in [0.05, 0.1) is 0 Å². The lowest BCUT2D eigenvalue weighted by atomic mass is 10.3. The van der Waals surface area contributed by atoms with E-state index in [-0.39, 0.29) is 0 Å². The standard InChI is InChI=1S/C6H4Br3NO/c7-4-1-3(11-10)2-5(8)6(4)9/h1-2H,10H2. The quantitative estimate of drug-likeness (QED) is 0.626. The fourth-order valence-corrected chi connectivity index (χ4v) is 1.97. The second-order valence-electron chi connectivity index (χ2n) is 1.82. The predicted octanol–water partition coefficient (Wildman–Crippen LogP) is 3.23. The molecule has 1 aromatic carbocycles. The first-order chi connectivity index (χ1) is 5.15. The second kappa shape index (κ2) is 3.89. The van der Waals surface area contributed by atoms with Crippen LogP contribution in [0.1, 0.15) is 0 Å².